The number of hydrogen-bond acceptors (Lipinski definition) is 7. The van der Waals surface area contributed by atoms with Crippen molar-refractivity contribution in [2.45, 2.75) is 37.8 Å². The lowest BCUT2D eigenvalue weighted by Gasteiger charge is -2.23. The number of nitrogen functional groups attached to an aromatic ring is 1. The van der Waals surface area contributed by atoms with Gasteiger partial charge in [0, 0.05) is 36.1 Å². The molecule has 1 unspecified atom stereocenters. The Morgan fingerprint density at radius 1 is 1.17 bits per heavy atom. The molecule has 9 heteroatoms. The summed E-state index contributed by atoms with van der Waals surface area (Å²) < 4.78 is 2.00. The Balaban J connectivity index is 1.39. The van der Waals surface area contributed by atoms with Gasteiger partial charge in [-0.3, -0.25) is 14.5 Å². The standard InChI is InChI=1S/C21H24N8O/c22-20-19(21(30)27-15-2-1-6-23-10-15)28-18(11-25-20)13-5-7-24-17(8-13)14-9-26-29(12-14)16-3-4-16/h5,7-9,11-12,15-16,23H,1-4,6,10H2,(H2,22,25)(H,27,30). The summed E-state index contributed by atoms with van der Waals surface area (Å²) in [4.78, 5) is 25.9. The highest BCUT2D eigenvalue weighted by Gasteiger charge is 2.24. The normalized spacial score (nSPS) is 18.9. The van der Waals surface area contributed by atoms with E-state index in [1.54, 1.807) is 12.4 Å². The van der Waals surface area contributed by atoms with Crippen LogP contribution in [0.5, 0.6) is 0 Å². The molecule has 0 radical (unpaired) electrons. The summed E-state index contributed by atoms with van der Waals surface area (Å²) in [7, 11) is 0. The van der Waals surface area contributed by atoms with Crippen LogP contribution in [0, 0.1) is 0 Å². The molecule has 2 fully saturated rings. The zero-order valence-electron chi connectivity index (χ0n) is 16.6. The van der Waals surface area contributed by atoms with Crippen molar-refractivity contribution >= 4 is 11.7 Å². The van der Waals surface area contributed by atoms with Gasteiger partial charge in [-0.2, -0.15) is 5.10 Å². The minimum Gasteiger partial charge on any atom is -0.382 e. The summed E-state index contributed by atoms with van der Waals surface area (Å²) in [6, 6.07) is 4.38. The number of rotatable bonds is 5. The van der Waals surface area contributed by atoms with Gasteiger partial charge in [0.25, 0.3) is 5.91 Å². The van der Waals surface area contributed by atoms with Crippen molar-refractivity contribution in [3.63, 3.8) is 0 Å². The molecule has 9 nitrogen and oxygen atoms in total. The lowest BCUT2D eigenvalue weighted by molar-refractivity contribution is 0.0926. The first-order valence-electron chi connectivity index (χ1n) is 10.3. The second-order valence-corrected chi connectivity index (χ2v) is 7.88. The van der Waals surface area contributed by atoms with Crippen LogP contribution in [0.2, 0.25) is 0 Å². The summed E-state index contributed by atoms with van der Waals surface area (Å²) in [5, 5.41) is 10.7. The van der Waals surface area contributed by atoms with Gasteiger partial charge < -0.3 is 16.4 Å². The van der Waals surface area contributed by atoms with E-state index < -0.39 is 0 Å². The number of amides is 1. The fourth-order valence-corrected chi connectivity index (χ4v) is 3.69. The van der Waals surface area contributed by atoms with Crippen LogP contribution in [0.15, 0.2) is 36.9 Å². The molecule has 154 valence electrons. The maximum absolute atomic E-state index is 12.7. The first kappa shape index (κ1) is 18.7. The van der Waals surface area contributed by atoms with Crippen molar-refractivity contribution in [1.82, 2.24) is 35.4 Å². The van der Waals surface area contributed by atoms with Gasteiger partial charge >= 0.3 is 0 Å². The number of nitrogens with one attached hydrogen (secondary N) is 2. The summed E-state index contributed by atoms with van der Waals surface area (Å²) in [6.07, 6.45) is 11.5. The molecular weight excluding hydrogens is 380 g/mol. The number of aromatic nitrogens is 5. The molecule has 1 saturated carbocycles. The summed E-state index contributed by atoms with van der Waals surface area (Å²) >= 11 is 0. The fraction of sp³-hybridized carbons (Fsp3) is 0.381. The number of hydrogen-bond donors (Lipinski definition) is 3. The van der Waals surface area contributed by atoms with E-state index in [1.165, 1.54) is 12.8 Å². The third-order valence-electron chi connectivity index (χ3n) is 5.52. The molecule has 1 amide bonds. The molecular formula is C21H24N8O. The Morgan fingerprint density at radius 3 is 2.87 bits per heavy atom. The van der Waals surface area contributed by atoms with Crippen LogP contribution in [-0.4, -0.2) is 49.8 Å². The minimum absolute atomic E-state index is 0.0756. The van der Waals surface area contributed by atoms with Gasteiger partial charge in [0.1, 0.15) is 0 Å². The highest BCUT2D eigenvalue weighted by atomic mass is 16.2. The zero-order chi connectivity index (χ0) is 20.5. The molecule has 1 aliphatic heterocycles. The van der Waals surface area contributed by atoms with E-state index in [2.05, 4.69) is 30.7 Å². The molecule has 3 aromatic heterocycles. The Kier molecular flexibility index (Phi) is 4.88. The molecule has 1 aliphatic carbocycles. The molecule has 3 aromatic rings. The van der Waals surface area contributed by atoms with Crippen molar-refractivity contribution in [3.05, 3.63) is 42.6 Å². The first-order valence-corrected chi connectivity index (χ1v) is 10.3. The predicted octanol–water partition coefficient (Wildman–Crippen LogP) is 1.80. The van der Waals surface area contributed by atoms with E-state index >= 15 is 0 Å². The molecule has 4 heterocycles. The lowest BCUT2D eigenvalue weighted by Crippen LogP contribution is -2.46. The summed E-state index contributed by atoms with van der Waals surface area (Å²) in [6.45, 7) is 1.73. The average Bonchev–Trinajstić information content (AvgIpc) is 3.51. The third kappa shape index (κ3) is 3.88. The highest BCUT2D eigenvalue weighted by molar-refractivity contribution is 5.97. The molecule has 0 aromatic carbocycles. The molecule has 2 aliphatic rings. The van der Waals surface area contributed by atoms with E-state index in [4.69, 9.17) is 5.73 Å². The molecule has 5 rings (SSSR count). The van der Waals surface area contributed by atoms with Crippen LogP contribution in [0.1, 0.15) is 42.2 Å². The van der Waals surface area contributed by atoms with Crippen molar-refractivity contribution in [1.29, 1.82) is 0 Å². The van der Waals surface area contributed by atoms with E-state index in [9.17, 15) is 4.79 Å². The Labute approximate surface area is 174 Å². The molecule has 1 atom stereocenters. The van der Waals surface area contributed by atoms with Gasteiger partial charge in [0.05, 0.1) is 29.8 Å². The number of piperidine rings is 1. The SMILES string of the molecule is Nc1ncc(-c2ccnc(-c3cnn(C4CC4)c3)c2)nc1C(=O)NC1CCCNC1. The fourth-order valence-electron chi connectivity index (χ4n) is 3.69. The van der Waals surface area contributed by atoms with Crippen molar-refractivity contribution < 1.29 is 4.79 Å². The summed E-state index contributed by atoms with van der Waals surface area (Å²) in [5.41, 5.74) is 9.26. The van der Waals surface area contributed by atoms with Crippen LogP contribution in [-0.2, 0) is 0 Å². The zero-order valence-corrected chi connectivity index (χ0v) is 16.6. The largest absolute Gasteiger partial charge is 0.382 e. The van der Waals surface area contributed by atoms with Gasteiger partial charge in [-0.15, -0.1) is 0 Å². The van der Waals surface area contributed by atoms with E-state index in [0.29, 0.717) is 11.7 Å². The number of anilines is 1. The summed E-state index contributed by atoms with van der Waals surface area (Å²) in [5.74, 6) is -0.171. The topological polar surface area (TPSA) is 124 Å². The van der Waals surface area contributed by atoms with Gasteiger partial charge in [0.15, 0.2) is 11.5 Å². The predicted molar refractivity (Wildman–Crippen MR) is 113 cm³/mol. The van der Waals surface area contributed by atoms with Crippen LogP contribution >= 0.6 is 0 Å². The van der Waals surface area contributed by atoms with Crippen LogP contribution in [0.4, 0.5) is 5.82 Å². The average molecular weight is 404 g/mol. The lowest BCUT2D eigenvalue weighted by atomic mass is 10.1. The number of pyridine rings is 1. The van der Waals surface area contributed by atoms with Crippen molar-refractivity contribution in [2.75, 3.05) is 18.8 Å². The monoisotopic (exact) mass is 404 g/mol. The van der Waals surface area contributed by atoms with E-state index in [0.717, 1.165) is 42.8 Å². The van der Waals surface area contributed by atoms with Gasteiger partial charge in [-0.25, -0.2) is 9.97 Å². The van der Waals surface area contributed by atoms with Gasteiger partial charge in [-0.05, 0) is 44.4 Å². The Morgan fingerprint density at radius 2 is 2.07 bits per heavy atom. The second kappa shape index (κ2) is 7.83. The number of carbonyl (C=O) groups excluding carboxylic acids is 1. The maximum Gasteiger partial charge on any atom is 0.274 e. The maximum atomic E-state index is 12.7. The molecule has 1 saturated heterocycles. The number of nitrogens with zero attached hydrogens (tertiary/aromatic N) is 5. The molecule has 0 bridgehead atoms. The first-order chi connectivity index (χ1) is 14.7. The second-order valence-electron chi connectivity index (χ2n) is 7.88. The third-order valence-corrected chi connectivity index (χ3v) is 5.52. The highest BCUT2D eigenvalue weighted by Crippen LogP contribution is 2.35. The van der Waals surface area contributed by atoms with E-state index in [1.807, 2.05) is 29.2 Å². The minimum atomic E-state index is -0.296. The molecule has 30 heavy (non-hydrogen) atoms. The quantitative estimate of drug-likeness (QED) is 0.592. The molecule has 0 spiro atoms. The van der Waals surface area contributed by atoms with Gasteiger partial charge in [-0.1, -0.05) is 0 Å². The van der Waals surface area contributed by atoms with Gasteiger partial charge in [0.2, 0.25) is 0 Å². The Hall–Kier alpha value is -3.33. The van der Waals surface area contributed by atoms with Crippen LogP contribution < -0.4 is 16.4 Å². The Bertz CT molecular complexity index is 1070. The van der Waals surface area contributed by atoms with Crippen molar-refractivity contribution in [3.8, 4) is 22.5 Å². The number of carbonyl (C=O) groups is 1. The number of nitrogens with two attached hydrogens (primary N) is 1. The van der Waals surface area contributed by atoms with Crippen LogP contribution in [0.3, 0.4) is 0 Å². The van der Waals surface area contributed by atoms with Crippen LogP contribution in [0.25, 0.3) is 22.5 Å². The smallest absolute Gasteiger partial charge is 0.274 e. The molecule has 4 N–H and O–H groups in total. The van der Waals surface area contributed by atoms with E-state index in [-0.39, 0.29) is 23.5 Å². The van der Waals surface area contributed by atoms with Crippen molar-refractivity contribution in [2.24, 2.45) is 0 Å².